The van der Waals surface area contributed by atoms with E-state index >= 15 is 0 Å². The Hall–Kier alpha value is -4.27. The number of carbonyl (C=O) groups is 2. The molecule has 1 aliphatic carbocycles. The number of benzene rings is 2. The number of aromatic nitrogens is 1. The van der Waals surface area contributed by atoms with E-state index in [1.54, 1.807) is 26.2 Å². The van der Waals surface area contributed by atoms with Gasteiger partial charge >= 0.3 is 11.9 Å². The average Bonchev–Trinajstić information content (AvgIpc) is 3.54. The molecule has 0 unspecified atom stereocenters. The van der Waals surface area contributed by atoms with E-state index in [4.69, 9.17) is 23.7 Å². The number of rotatable bonds is 7. The van der Waals surface area contributed by atoms with Crippen LogP contribution in [0.1, 0.15) is 67.5 Å². The first kappa shape index (κ1) is 28.3. The van der Waals surface area contributed by atoms with Gasteiger partial charge in [0.25, 0.3) is 0 Å². The van der Waals surface area contributed by atoms with Gasteiger partial charge in [0.1, 0.15) is 11.4 Å². The van der Waals surface area contributed by atoms with Crippen molar-refractivity contribution in [3.63, 3.8) is 0 Å². The third-order valence-electron chi connectivity index (χ3n) is 7.63. The first-order valence-corrected chi connectivity index (χ1v) is 13.6. The van der Waals surface area contributed by atoms with E-state index in [9.17, 15) is 14.8 Å². The Morgan fingerprint density at radius 1 is 1.02 bits per heavy atom. The number of hydrogen-bond donors (Lipinski definition) is 0. The fourth-order valence-corrected chi connectivity index (χ4v) is 5.93. The Bertz CT molecular complexity index is 1480. The summed E-state index contributed by atoms with van der Waals surface area (Å²) in [4.78, 5) is 26.6. The van der Waals surface area contributed by atoms with Gasteiger partial charge in [-0.15, -0.1) is 0 Å². The number of methoxy groups -OCH3 is 2. The third-order valence-corrected chi connectivity index (χ3v) is 7.63. The summed E-state index contributed by atoms with van der Waals surface area (Å²) in [5, 5.41) is 13.5. The molecule has 0 spiro atoms. The van der Waals surface area contributed by atoms with Crippen molar-refractivity contribution < 1.29 is 38.0 Å². The van der Waals surface area contributed by atoms with Crippen molar-refractivity contribution in [1.29, 1.82) is 0 Å². The first-order chi connectivity index (χ1) is 19.5. The van der Waals surface area contributed by atoms with Crippen molar-refractivity contribution in [2.75, 3.05) is 21.0 Å². The fraction of sp³-hybridized carbons (Fsp3) is 0.406. The molecule has 1 aromatic heterocycles. The van der Waals surface area contributed by atoms with Gasteiger partial charge in [0, 0.05) is 17.5 Å². The number of esters is 2. The maximum absolute atomic E-state index is 14.2. The lowest BCUT2D eigenvalue weighted by atomic mass is 9.77. The summed E-state index contributed by atoms with van der Waals surface area (Å²) in [6, 6.07) is 14.7. The van der Waals surface area contributed by atoms with Crippen LogP contribution in [0.15, 0.2) is 54.7 Å². The normalized spacial score (nSPS) is 19.8. The minimum absolute atomic E-state index is 0.117. The van der Waals surface area contributed by atoms with Gasteiger partial charge in [-0.2, -0.15) is 4.73 Å². The molecule has 2 heterocycles. The standard InChI is InChI=1S/C32H35NO8/c1-18(30(34)38-6)14-20-15-21(37-5)10-11-22(20)27-28(31(35)41-32(2,3)4)26(23-8-7-13-33(36)29(23)27)19-9-12-24-25(16-19)40-17-39-24/h7-13,15-16,18,26-28H,14,17H2,1-6H3/t18-,26+,27+,28-/m1/s1. The number of nitrogens with zero attached hydrogens (tertiary/aromatic N) is 1. The van der Waals surface area contributed by atoms with E-state index in [0.717, 1.165) is 27.0 Å². The number of pyridine rings is 1. The molecule has 2 aromatic carbocycles. The van der Waals surface area contributed by atoms with Crippen LogP contribution in [0.25, 0.3) is 0 Å². The van der Waals surface area contributed by atoms with Crippen molar-refractivity contribution in [1.82, 2.24) is 0 Å². The Kier molecular flexibility index (Phi) is 7.55. The van der Waals surface area contributed by atoms with Crippen molar-refractivity contribution in [2.24, 2.45) is 11.8 Å². The lowest BCUT2D eigenvalue weighted by Crippen LogP contribution is -2.36. The molecule has 216 valence electrons. The van der Waals surface area contributed by atoms with Crippen LogP contribution >= 0.6 is 0 Å². The molecule has 0 N–H and O–H groups in total. The second-order valence-electron chi connectivity index (χ2n) is 11.5. The highest BCUT2D eigenvalue weighted by molar-refractivity contribution is 5.80. The van der Waals surface area contributed by atoms with Crippen LogP contribution in [-0.2, 0) is 25.5 Å². The summed E-state index contributed by atoms with van der Waals surface area (Å²) >= 11 is 0. The molecule has 5 rings (SSSR count). The van der Waals surface area contributed by atoms with Crippen LogP contribution in [-0.4, -0.2) is 38.6 Å². The lowest BCUT2D eigenvalue weighted by Gasteiger charge is -2.29. The van der Waals surface area contributed by atoms with Gasteiger partial charge in [0.2, 0.25) is 12.5 Å². The maximum Gasteiger partial charge on any atom is 0.311 e. The largest absolute Gasteiger partial charge is 0.618 e. The molecule has 3 aromatic rings. The van der Waals surface area contributed by atoms with Gasteiger partial charge in [0.05, 0.1) is 32.0 Å². The Morgan fingerprint density at radius 3 is 2.49 bits per heavy atom. The quantitative estimate of drug-likeness (QED) is 0.233. The van der Waals surface area contributed by atoms with Crippen LogP contribution < -0.4 is 18.9 Å². The second kappa shape index (κ2) is 11.0. The highest BCUT2D eigenvalue weighted by atomic mass is 16.7. The number of hydrogen-bond acceptors (Lipinski definition) is 8. The monoisotopic (exact) mass is 561 g/mol. The number of ether oxygens (including phenoxy) is 5. The zero-order valence-electron chi connectivity index (χ0n) is 24.1. The van der Waals surface area contributed by atoms with E-state index in [2.05, 4.69) is 0 Å². The highest BCUT2D eigenvalue weighted by Crippen LogP contribution is 2.54. The summed E-state index contributed by atoms with van der Waals surface area (Å²) in [5.41, 5.74) is 2.76. The molecular formula is C32H35NO8. The van der Waals surface area contributed by atoms with Crippen molar-refractivity contribution in [3.8, 4) is 17.2 Å². The number of fused-ring (bicyclic) bond motifs is 2. The smallest absolute Gasteiger partial charge is 0.311 e. The van der Waals surface area contributed by atoms with Gasteiger partial charge in [-0.1, -0.05) is 19.1 Å². The topological polar surface area (TPSA) is 107 Å². The van der Waals surface area contributed by atoms with E-state index in [1.165, 1.54) is 13.3 Å². The Morgan fingerprint density at radius 2 is 1.78 bits per heavy atom. The van der Waals surface area contributed by atoms with E-state index < -0.39 is 35.2 Å². The summed E-state index contributed by atoms with van der Waals surface area (Å²) in [6.07, 6.45) is 1.77. The molecule has 0 amide bonds. The van der Waals surface area contributed by atoms with Crippen LogP contribution in [0.3, 0.4) is 0 Å². The van der Waals surface area contributed by atoms with Gasteiger partial charge in [-0.3, -0.25) is 9.59 Å². The van der Waals surface area contributed by atoms with Crippen molar-refractivity contribution in [3.05, 3.63) is 87.9 Å². The average molecular weight is 562 g/mol. The minimum atomic E-state index is -0.784. The van der Waals surface area contributed by atoms with Gasteiger partial charge < -0.3 is 28.9 Å². The predicted octanol–water partition coefficient (Wildman–Crippen LogP) is 4.64. The van der Waals surface area contributed by atoms with Gasteiger partial charge in [0.15, 0.2) is 17.7 Å². The second-order valence-corrected chi connectivity index (χ2v) is 11.5. The Labute approximate surface area is 239 Å². The summed E-state index contributed by atoms with van der Waals surface area (Å²) in [7, 11) is 2.92. The number of carbonyl (C=O) groups excluding carboxylic acids is 2. The highest BCUT2D eigenvalue weighted by Gasteiger charge is 2.53. The molecule has 1 aliphatic heterocycles. The van der Waals surface area contributed by atoms with Crippen molar-refractivity contribution in [2.45, 2.75) is 51.6 Å². The fourth-order valence-electron chi connectivity index (χ4n) is 5.93. The molecular weight excluding hydrogens is 526 g/mol. The molecule has 9 nitrogen and oxygen atoms in total. The molecule has 2 aliphatic rings. The summed E-state index contributed by atoms with van der Waals surface area (Å²) < 4.78 is 28.5. The van der Waals surface area contributed by atoms with Crippen molar-refractivity contribution >= 4 is 11.9 Å². The zero-order valence-corrected chi connectivity index (χ0v) is 24.1. The zero-order chi connectivity index (χ0) is 29.5. The molecule has 0 saturated carbocycles. The molecule has 4 atom stereocenters. The van der Waals surface area contributed by atoms with E-state index in [0.29, 0.717) is 29.4 Å². The summed E-state index contributed by atoms with van der Waals surface area (Å²) in [6.45, 7) is 7.37. The van der Waals surface area contributed by atoms with E-state index in [-0.39, 0.29) is 12.8 Å². The molecule has 0 saturated heterocycles. The summed E-state index contributed by atoms with van der Waals surface area (Å²) in [5.74, 6) is -1.40. The van der Waals surface area contributed by atoms with Crippen LogP contribution in [0.5, 0.6) is 17.2 Å². The lowest BCUT2D eigenvalue weighted by molar-refractivity contribution is -0.614. The minimum Gasteiger partial charge on any atom is -0.618 e. The van der Waals surface area contributed by atoms with Gasteiger partial charge in [-0.25, -0.2) is 0 Å². The van der Waals surface area contributed by atoms with Crippen LogP contribution in [0.4, 0.5) is 0 Å². The molecule has 0 radical (unpaired) electrons. The predicted molar refractivity (Wildman–Crippen MR) is 149 cm³/mol. The van der Waals surface area contributed by atoms with Gasteiger partial charge in [-0.05, 0) is 74.2 Å². The molecule has 9 heteroatoms. The first-order valence-electron chi connectivity index (χ1n) is 13.6. The molecule has 41 heavy (non-hydrogen) atoms. The van der Waals surface area contributed by atoms with Crippen LogP contribution in [0, 0.1) is 17.0 Å². The third kappa shape index (κ3) is 5.40. The van der Waals surface area contributed by atoms with Crippen LogP contribution in [0.2, 0.25) is 0 Å². The van der Waals surface area contributed by atoms with E-state index in [1.807, 2.05) is 57.2 Å². The maximum atomic E-state index is 14.2. The SMILES string of the molecule is COC(=O)[C@H](C)Cc1cc(OC)ccc1[C@@H]1c2c(ccc[n+]2[O-])[C@H](c2ccc3c(c2)OCO3)[C@H]1C(=O)OC(C)(C)C. The molecule has 0 bridgehead atoms. The molecule has 0 fully saturated rings. The Balaban J connectivity index is 1.73.